The first-order valence-corrected chi connectivity index (χ1v) is 10.6. The maximum absolute atomic E-state index is 13.3. The van der Waals surface area contributed by atoms with Gasteiger partial charge in [0.1, 0.15) is 17.2 Å². The highest BCUT2D eigenvalue weighted by molar-refractivity contribution is 5.91. The number of halogens is 1. The molecule has 0 bridgehead atoms. The Bertz CT molecular complexity index is 1420. The molecule has 4 rings (SSSR count). The number of methoxy groups -OCH3 is 1. The van der Waals surface area contributed by atoms with E-state index < -0.39 is 0 Å². The second-order valence-corrected chi connectivity index (χ2v) is 7.94. The van der Waals surface area contributed by atoms with Crippen LogP contribution in [-0.2, 0) is 18.3 Å². The molecular weight excluding hydrogens is 423 g/mol. The Labute approximate surface area is 190 Å². The van der Waals surface area contributed by atoms with E-state index in [9.17, 15) is 14.0 Å². The van der Waals surface area contributed by atoms with Gasteiger partial charge in [0.2, 0.25) is 5.91 Å². The van der Waals surface area contributed by atoms with E-state index in [0.29, 0.717) is 33.9 Å². The number of nitrogens with one attached hydrogen (secondary N) is 1. The number of amides is 1. The van der Waals surface area contributed by atoms with Crippen LogP contribution in [0.5, 0.6) is 5.75 Å². The summed E-state index contributed by atoms with van der Waals surface area (Å²) in [7, 11) is 3.46. The van der Waals surface area contributed by atoms with Crippen LogP contribution in [0.15, 0.2) is 53.3 Å². The quantitative estimate of drug-likeness (QED) is 0.483. The van der Waals surface area contributed by atoms with Crippen molar-refractivity contribution in [1.29, 1.82) is 0 Å². The van der Waals surface area contributed by atoms with Crippen LogP contribution < -0.4 is 15.6 Å². The number of fused-ring (bicyclic) bond motifs is 1. The Hall–Kier alpha value is -3.94. The number of ether oxygens (including phenoxy) is 1. The number of nitrogens with zero attached hydrogens (tertiary/aromatic N) is 3. The molecule has 0 unspecified atom stereocenters. The highest BCUT2D eigenvalue weighted by Gasteiger charge is 2.18. The molecule has 0 saturated heterocycles. The fourth-order valence-corrected chi connectivity index (χ4v) is 3.91. The summed E-state index contributed by atoms with van der Waals surface area (Å²) >= 11 is 0. The predicted octanol–water partition coefficient (Wildman–Crippen LogP) is 4.04. The lowest BCUT2D eigenvalue weighted by Crippen LogP contribution is -2.26. The molecule has 0 fully saturated rings. The second-order valence-electron chi connectivity index (χ2n) is 7.94. The lowest BCUT2D eigenvalue weighted by atomic mass is 10.1. The molecule has 4 aromatic rings. The van der Waals surface area contributed by atoms with Gasteiger partial charge in [-0.1, -0.05) is 12.1 Å². The Kier molecular flexibility index (Phi) is 6.00. The zero-order valence-corrected chi connectivity index (χ0v) is 19.0. The number of aromatic nitrogens is 3. The molecule has 2 aromatic carbocycles. The summed E-state index contributed by atoms with van der Waals surface area (Å²) in [6.45, 7) is 3.58. The summed E-state index contributed by atoms with van der Waals surface area (Å²) in [4.78, 5) is 25.7. The molecule has 2 aromatic heterocycles. The number of para-hydroxylation sites is 1. The first-order valence-electron chi connectivity index (χ1n) is 10.6. The minimum atomic E-state index is -0.357. The smallest absolute Gasteiger partial charge is 0.277 e. The maximum Gasteiger partial charge on any atom is 0.277 e. The normalized spacial score (nSPS) is 11.1. The summed E-state index contributed by atoms with van der Waals surface area (Å²) in [5.41, 5.74) is 4.28. The first-order chi connectivity index (χ1) is 15.8. The second kappa shape index (κ2) is 8.90. The van der Waals surface area contributed by atoms with Crippen LogP contribution in [0.2, 0.25) is 0 Å². The molecule has 1 amide bonds. The Morgan fingerprint density at radius 2 is 1.91 bits per heavy atom. The van der Waals surface area contributed by atoms with Gasteiger partial charge in [0.15, 0.2) is 0 Å². The van der Waals surface area contributed by atoms with E-state index in [4.69, 9.17) is 4.74 Å². The van der Waals surface area contributed by atoms with Crippen LogP contribution in [0.1, 0.15) is 23.2 Å². The van der Waals surface area contributed by atoms with Crippen molar-refractivity contribution in [2.75, 3.05) is 12.4 Å². The SMILES string of the molecule is COc1ccccc1-c1cc2n(C)c(C)c(CCC(=O)Nc3ccc(F)cc3C)c(=O)n2n1. The largest absolute Gasteiger partial charge is 0.496 e. The topological polar surface area (TPSA) is 77.6 Å². The third kappa shape index (κ3) is 4.24. The molecule has 0 atom stereocenters. The fourth-order valence-electron chi connectivity index (χ4n) is 3.91. The summed E-state index contributed by atoms with van der Waals surface area (Å²) < 4.78 is 22.0. The van der Waals surface area contributed by atoms with Crippen LogP contribution >= 0.6 is 0 Å². The molecule has 0 aliphatic heterocycles. The highest BCUT2D eigenvalue weighted by Crippen LogP contribution is 2.29. The van der Waals surface area contributed by atoms with Gasteiger partial charge in [-0.2, -0.15) is 9.61 Å². The molecule has 0 spiro atoms. The number of carbonyl (C=O) groups is 1. The van der Waals surface area contributed by atoms with Gasteiger partial charge in [0, 0.05) is 42.0 Å². The molecule has 1 N–H and O–H groups in total. The monoisotopic (exact) mass is 448 g/mol. The van der Waals surface area contributed by atoms with Crippen LogP contribution in [0.3, 0.4) is 0 Å². The minimum absolute atomic E-state index is 0.110. The van der Waals surface area contributed by atoms with E-state index in [1.807, 2.05) is 48.9 Å². The average molecular weight is 448 g/mol. The standard InChI is InChI=1S/C25H25FN4O3/c1-15-13-17(26)9-11-20(15)27-23(31)12-10-18-16(2)29(3)24-14-21(28-30(24)25(18)32)19-7-5-6-8-22(19)33-4/h5-9,11,13-14H,10,12H2,1-4H3,(H,27,31). The molecular formula is C25H25FN4O3. The molecule has 7 nitrogen and oxygen atoms in total. The van der Waals surface area contributed by atoms with Gasteiger partial charge in [-0.15, -0.1) is 0 Å². The van der Waals surface area contributed by atoms with Crippen LogP contribution in [-0.4, -0.2) is 27.2 Å². The number of anilines is 1. The highest BCUT2D eigenvalue weighted by atomic mass is 19.1. The molecule has 2 heterocycles. The van der Waals surface area contributed by atoms with Gasteiger partial charge in [-0.3, -0.25) is 9.59 Å². The summed E-state index contributed by atoms with van der Waals surface area (Å²) in [5, 5.41) is 7.32. The molecule has 8 heteroatoms. The minimum Gasteiger partial charge on any atom is -0.496 e. The van der Waals surface area contributed by atoms with E-state index in [0.717, 1.165) is 11.3 Å². The van der Waals surface area contributed by atoms with Crippen molar-refractivity contribution in [2.45, 2.75) is 26.7 Å². The van der Waals surface area contributed by atoms with Crippen LogP contribution in [0, 0.1) is 19.7 Å². The fraction of sp³-hybridized carbons (Fsp3) is 0.240. The summed E-state index contributed by atoms with van der Waals surface area (Å²) in [6, 6.07) is 13.5. The van der Waals surface area contributed by atoms with E-state index >= 15 is 0 Å². The van der Waals surface area contributed by atoms with Gasteiger partial charge >= 0.3 is 0 Å². The molecule has 0 saturated carbocycles. The molecule has 0 aliphatic rings. The third-order valence-corrected chi connectivity index (χ3v) is 5.87. The summed E-state index contributed by atoms with van der Waals surface area (Å²) in [5.74, 6) is 0.0618. The lowest BCUT2D eigenvalue weighted by Gasteiger charge is -2.12. The Morgan fingerprint density at radius 3 is 2.64 bits per heavy atom. The van der Waals surface area contributed by atoms with Crippen molar-refractivity contribution in [1.82, 2.24) is 14.2 Å². The third-order valence-electron chi connectivity index (χ3n) is 5.87. The zero-order valence-electron chi connectivity index (χ0n) is 19.0. The molecule has 0 aliphatic carbocycles. The van der Waals surface area contributed by atoms with Crippen LogP contribution in [0.25, 0.3) is 16.9 Å². The van der Waals surface area contributed by atoms with Gasteiger partial charge in [0.05, 0.1) is 12.8 Å². The Balaban J connectivity index is 1.63. The number of hydrogen-bond acceptors (Lipinski definition) is 4. The van der Waals surface area contributed by atoms with E-state index in [2.05, 4.69) is 10.4 Å². The first kappa shape index (κ1) is 22.3. The number of hydrogen-bond donors (Lipinski definition) is 1. The van der Waals surface area contributed by atoms with Crippen LogP contribution in [0.4, 0.5) is 10.1 Å². The zero-order chi connectivity index (χ0) is 23.7. The van der Waals surface area contributed by atoms with E-state index in [1.54, 1.807) is 14.0 Å². The van der Waals surface area contributed by atoms with Gasteiger partial charge in [-0.05, 0) is 56.2 Å². The van der Waals surface area contributed by atoms with Crippen molar-refractivity contribution >= 4 is 17.2 Å². The van der Waals surface area contributed by atoms with Gasteiger partial charge in [-0.25, -0.2) is 4.39 Å². The van der Waals surface area contributed by atoms with E-state index in [-0.39, 0.29) is 30.1 Å². The van der Waals surface area contributed by atoms with Crippen molar-refractivity contribution in [3.05, 3.63) is 81.5 Å². The number of benzene rings is 2. The number of aryl methyl sites for hydroxylation is 2. The van der Waals surface area contributed by atoms with Crippen molar-refractivity contribution in [3.63, 3.8) is 0 Å². The van der Waals surface area contributed by atoms with E-state index in [1.165, 1.54) is 22.7 Å². The van der Waals surface area contributed by atoms with Gasteiger partial charge < -0.3 is 14.6 Å². The predicted molar refractivity (Wildman–Crippen MR) is 125 cm³/mol. The number of rotatable bonds is 6. The lowest BCUT2D eigenvalue weighted by molar-refractivity contribution is -0.116. The molecule has 170 valence electrons. The molecule has 0 radical (unpaired) electrons. The van der Waals surface area contributed by atoms with Crippen molar-refractivity contribution in [2.24, 2.45) is 7.05 Å². The average Bonchev–Trinajstić information content (AvgIpc) is 3.25. The Morgan fingerprint density at radius 1 is 1.15 bits per heavy atom. The molecule has 33 heavy (non-hydrogen) atoms. The maximum atomic E-state index is 13.3. The van der Waals surface area contributed by atoms with Crippen molar-refractivity contribution in [3.8, 4) is 17.0 Å². The number of carbonyl (C=O) groups excluding carboxylic acids is 1. The summed E-state index contributed by atoms with van der Waals surface area (Å²) in [6.07, 6.45) is 0.364. The van der Waals surface area contributed by atoms with Crippen molar-refractivity contribution < 1.29 is 13.9 Å². The van der Waals surface area contributed by atoms with Gasteiger partial charge in [0.25, 0.3) is 5.56 Å².